The van der Waals surface area contributed by atoms with E-state index in [4.69, 9.17) is 47.0 Å². The van der Waals surface area contributed by atoms with Crippen LogP contribution >= 0.6 is 69.6 Å². The second-order valence-corrected chi connectivity index (χ2v) is 7.06. The molecule has 0 radical (unpaired) electrons. The molecule has 1 amide bonds. The third kappa shape index (κ3) is 4.70. The fourth-order valence-corrected chi connectivity index (χ4v) is 3.07. The summed E-state index contributed by atoms with van der Waals surface area (Å²) < 4.78 is 0.994. The number of thiocarbonyl (C=S) groups is 1. The lowest BCUT2D eigenvalue weighted by atomic mass is 10.2. The predicted molar refractivity (Wildman–Crippen MR) is 104 cm³/mol. The first-order valence-electron chi connectivity index (χ1n) is 5.89. The quantitative estimate of drug-likeness (QED) is 0.444. The first kappa shape index (κ1) is 17.7. The second kappa shape index (κ2) is 7.79. The smallest absolute Gasteiger partial charge is 0.258 e. The molecule has 2 aromatic rings. The van der Waals surface area contributed by atoms with E-state index in [-0.39, 0.29) is 15.7 Å². The van der Waals surface area contributed by atoms with Crippen LogP contribution in [0.15, 0.2) is 36.4 Å². The van der Waals surface area contributed by atoms with E-state index >= 15 is 0 Å². The Kier molecular flexibility index (Phi) is 6.28. The molecular formula is C14H8Cl3IN2OS. The van der Waals surface area contributed by atoms with Gasteiger partial charge in [-0.15, -0.1) is 0 Å². The summed E-state index contributed by atoms with van der Waals surface area (Å²) in [4.78, 5) is 12.1. The van der Waals surface area contributed by atoms with E-state index in [0.717, 1.165) is 3.57 Å². The van der Waals surface area contributed by atoms with Crippen LogP contribution in [0.4, 0.5) is 5.69 Å². The molecule has 2 N–H and O–H groups in total. The van der Waals surface area contributed by atoms with E-state index in [2.05, 4.69) is 33.2 Å². The number of halogens is 4. The van der Waals surface area contributed by atoms with Crippen molar-refractivity contribution in [3.63, 3.8) is 0 Å². The lowest BCUT2D eigenvalue weighted by molar-refractivity contribution is 0.0978. The van der Waals surface area contributed by atoms with Gasteiger partial charge in [-0.1, -0.05) is 34.8 Å². The van der Waals surface area contributed by atoms with Crippen LogP contribution in [-0.2, 0) is 0 Å². The minimum Gasteiger partial charge on any atom is -0.331 e. The van der Waals surface area contributed by atoms with E-state index in [9.17, 15) is 4.79 Å². The molecule has 0 fully saturated rings. The maximum absolute atomic E-state index is 12.1. The molecule has 0 aliphatic rings. The Morgan fingerprint density at radius 2 is 1.77 bits per heavy atom. The number of hydrogen-bond acceptors (Lipinski definition) is 2. The van der Waals surface area contributed by atoms with Gasteiger partial charge >= 0.3 is 0 Å². The van der Waals surface area contributed by atoms with Crippen molar-refractivity contribution in [2.24, 2.45) is 0 Å². The standard InChI is InChI=1S/C14H8Cl3IN2OS/c15-7-1-3-10(16)9(5-7)13(21)20-14(22)19-12-4-2-8(18)6-11(12)17/h1-6H,(H2,19,20,21,22). The molecule has 0 saturated carbocycles. The number of amides is 1. The molecule has 0 saturated heterocycles. The lowest BCUT2D eigenvalue weighted by Gasteiger charge is -2.12. The summed E-state index contributed by atoms with van der Waals surface area (Å²) in [5, 5.41) is 6.71. The van der Waals surface area contributed by atoms with E-state index in [1.807, 2.05) is 6.07 Å². The van der Waals surface area contributed by atoms with Gasteiger partial charge in [0.25, 0.3) is 5.91 Å². The fourth-order valence-electron chi connectivity index (χ4n) is 1.59. The van der Waals surface area contributed by atoms with Gasteiger partial charge in [0.05, 0.1) is 21.3 Å². The Hall–Kier alpha value is -0.600. The number of benzene rings is 2. The number of nitrogens with one attached hydrogen (secondary N) is 2. The van der Waals surface area contributed by atoms with Gasteiger partial charge in [-0.3, -0.25) is 10.1 Å². The molecule has 0 heterocycles. The van der Waals surface area contributed by atoms with Crippen LogP contribution in [0.25, 0.3) is 0 Å². The van der Waals surface area contributed by atoms with E-state index in [1.54, 1.807) is 24.3 Å². The van der Waals surface area contributed by atoms with Crippen molar-refractivity contribution in [1.82, 2.24) is 5.32 Å². The highest BCUT2D eigenvalue weighted by atomic mass is 127. The highest BCUT2D eigenvalue weighted by Crippen LogP contribution is 2.24. The van der Waals surface area contributed by atoms with Crippen LogP contribution in [0, 0.1) is 3.57 Å². The molecule has 22 heavy (non-hydrogen) atoms. The van der Waals surface area contributed by atoms with Gasteiger partial charge in [-0.05, 0) is 71.2 Å². The molecule has 0 aromatic heterocycles. The Balaban J connectivity index is 2.08. The molecule has 0 aliphatic heterocycles. The molecule has 114 valence electrons. The van der Waals surface area contributed by atoms with Crippen molar-refractivity contribution >= 4 is 86.3 Å². The second-order valence-electron chi connectivity index (χ2n) is 4.16. The molecular weight excluding hydrogens is 477 g/mol. The van der Waals surface area contributed by atoms with E-state index < -0.39 is 5.91 Å². The number of anilines is 1. The topological polar surface area (TPSA) is 41.1 Å². The number of carbonyl (C=O) groups excluding carboxylic acids is 1. The van der Waals surface area contributed by atoms with Gasteiger partial charge < -0.3 is 5.32 Å². The predicted octanol–water partition coefficient (Wildman–Crippen LogP) is 5.38. The minimum absolute atomic E-state index is 0.115. The van der Waals surface area contributed by atoms with Gasteiger partial charge in [-0.2, -0.15) is 0 Å². The minimum atomic E-state index is -0.452. The normalized spacial score (nSPS) is 10.2. The fraction of sp³-hybridized carbons (Fsp3) is 0. The SMILES string of the molecule is O=C(NC(=S)Nc1ccc(I)cc1Cl)c1cc(Cl)ccc1Cl. The highest BCUT2D eigenvalue weighted by Gasteiger charge is 2.13. The molecule has 3 nitrogen and oxygen atoms in total. The zero-order valence-corrected chi connectivity index (χ0v) is 16.0. The maximum Gasteiger partial charge on any atom is 0.258 e. The average molecular weight is 486 g/mol. The van der Waals surface area contributed by atoms with Crippen LogP contribution < -0.4 is 10.6 Å². The molecule has 0 bridgehead atoms. The molecule has 0 unspecified atom stereocenters. The molecule has 8 heteroatoms. The van der Waals surface area contributed by atoms with Crippen LogP contribution in [-0.4, -0.2) is 11.0 Å². The monoisotopic (exact) mass is 484 g/mol. The van der Waals surface area contributed by atoms with Crippen molar-refractivity contribution in [1.29, 1.82) is 0 Å². The maximum atomic E-state index is 12.1. The summed E-state index contributed by atoms with van der Waals surface area (Å²) in [6.45, 7) is 0. The van der Waals surface area contributed by atoms with Crippen LogP contribution in [0.3, 0.4) is 0 Å². The van der Waals surface area contributed by atoms with Gasteiger partial charge in [0.2, 0.25) is 0 Å². The summed E-state index contributed by atoms with van der Waals surface area (Å²) in [6, 6.07) is 10.0. The van der Waals surface area contributed by atoms with Gasteiger partial charge in [0, 0.05) is 8.59 Å². The highest BCUT2D eigenvalue weighted by molar-refractivity contribution is 14.1. The van der Waals surface area contributed by atoms with Crippen molar-refractivity contribution in [3.8, 4) is 0 Å². The molecule has 2 rings (SSSR count). The van der Waals surface area contributed by atoms with Crippen molar-refractivity contribution < 1.29 is 4.79 Å². The number of rotatable bonds is 2. The zero-order chi connectivity index (χ0) is 16.3. The first-order valence-corrected chi connectivity index (χ1v) is 8.51. The van der Waals surface area contributed by atoms with Crippen LogP contribution in [0.1, 0.15) is 10.4 Å². The van der Waals surface area contributed by atoms with E-state index in [1.165, 1.54) is 6.07 Å². The third-order valence-corrected chi connectivity index (χ3v) is 4.33. The number of carbonyl (C=O) groups is 1. The molecule has 0 atom stereocenters. The largest absolute Gasteiger partial charge is 0.331 e. The molecule has 2 aromatic carbocycles. The Morgan fingerprint density at radius 3 is 2.45 bits per heavy atom. The van der Waals surface area contributed by atoms with Gasteiger partial charge in [0.15, 0.2) is 5.11 Å². The summed E-state index contributed by atoms with van der Waals surface area (Å²) in [5.74, 6) is -0.452. The first-order chi connectivity index (χ1) is 10.4. The molecule has 0 spiro atoms. The Labute approximate surface area is 161 Å². The number of hydrogen-bond donors (Lipinski definition) is 2. The Morgan fingerprint density at radius 1 is 1.05 bits per heavy atom. The summed E-state index contributed by atoms with van der Waals surface area (Å²) in [5.41, 5.74) is 0.844. The van der Waals surface area contributed by atoms with E-state index in [0.29, 0.717) is 15.7 Å². The lowest BCUT2D eigenvalue weighted by Crippen LogP contribution is -2.34. The van der Waals surface area contributed by atoms with Crippen LogP contribution in [0.2, 0.25) is 15.1 Å². The summed E-state index contributed by atoms with van der Waals surface area (Å²) >= 11 is 25.2. The third-order valence-electron chi connectivity index (χ3n) is 2.58. The van der Waals surface area contributed by atoms with Crippen molar-refractivity contribution in [2.75, 3.05) is 5.32 Å². The zero-order valence-electron chi connectivity index (χ0n) is 10.8. The van der Waals surface area contributed by atoms with Crippen molar-refractivity contribution in [2.45, 2.75) is 0 Å². The Bertz CT molecular complexity index is 755. The van der Waals surface area contributed by atoms with Crippen molar-refractivity contribution in [3.05, 3.63) is 60.6 Å². The van der Waals surface area contributed by atoms with Gasteiger partial charge in [0.1, 0.15) is 0 Å². The van der Waals surface area contributed by atoms with Gasteiger partial charge in [-0.25, -0.2) is 0 Å². The average Bonchev–Trinajstić information content (AvgIpc) is 2.44. The molecule has 0 aliphatic carbocycles. The van der Waals surface area contributed by atoms with Crippen LogP contribution in [0.5, 0.6) is 0 Å². The summed E-state index contributed by atoms with van der Waals surface area (Å²) in [6.07, 6.45) is 0. The summed E-state index contributed by atoms with van der Waals surface area (Å²) in [7, 11) is 0.